The minimum Gasteiger partial charge on any atom is -0.362 e. The van der Waals surface area contributed by atoms with Crippen molar-refractivity contribution in [2.24, 2.45) is 0 Å². The lowest BCUT2D eigenvalue weighted by Gasteiger charge is -2.35. The summed E-state index contributed by atoms with van der Waals surface area (Å²) >= 11 is 1.42. The Hall–Kier alpha value is -3.07. The molecule has 1 saturated heterocycles. The van der Waals surface area contributed by atoms with Gasteiger partial charge in [-0.2, -0.15) is 0 Å². The van der Waals surface area contributed by atoms with Gasteiger partial charge in [-0.25, -0.2) is 0 Å². The Kier molecular flexibility index (Phi) is 7.51. The van der Waals surface area contributed by atoms with Gasteiger partial charge in [-0.15, -0.1) is 11.3 Å². The zero-order valence-electron chi connectivity index (χ0n) is 17.4. The molecule has 8 nitrogen and oxygen atoms in total. The summed E-state index contributed by atoms with van der Waals surface area (Å²) in [5.41, 5.74) is 0.612. The van der Waals surface area contributed by atoms with Gasteiger partial charge in [0.15, 0.2) is 5.78 Å². The zero-order valence-corrected chi connectivity index (χ0v) is 18.2. The van der Waals surface area contributed by atoms with Crippen LogP contribution in [0.25, 0.3) is 0 Å². The monoisotopic (exact) mass is 443 g/mol. The van der Waals surface area contributed by atoms with E-state index in [-0.39, 0.29) is 48.8 Å². The number of aryl methyl sites for hydroxylation is 1. The molecule has 1 fully saturated rings. The minimum absolute atomic E-state index is 0.0381. The predicted molar refractivity (Wildman–Crippen MR) is 119 cm³/mol. The van der Waals surface area contributed by atoms with Crippen LogP contribution >= 0.6 is 11.3 Å². The third kappa shape index (κ3) is 5.97. The van der Waals surface area contributed by atoms with Gasteiger partial charge < -0.3 is 9.80 Å². The van der Waals surface area contributed by atoms with E-state index >= 15 is 0 Å². The summed E-state index contributed by atoms with van der Waals surface area (Å²) < 4.78 is 0. The highest BCUT2D eigenvalue weighted by atomic mass is 32.1. The first-order valence-electron chi connectivity index (χ1n) is 10.2. The maximum absolute atomic E-state index is 12.5. The van der Waals surface area contributed by atoms with Gasteiger partial charge in [0, 0.05) is 62.8 Å². The number of carbonyl (C=O) groups excluding carboxylic acids is 3. The molecule has 1 aliphatic rings. The lowest BCUT2D eigenvalue weighted by molar-refractivity contribution is -0.384. The number of ketones is 2. The fourth-order valence-corrected chi connectivity index (χ4v) is 4.41. The lowest BCUT2D eigenvalue weighted by atomic mass is 10.1. The van der Waals surface area contributed by atoms with Gasteiger partial charge in [0.2, 0.25) is 5.91 Å². The molecule has 1 aliphatic heterocycles. The van der Waals surface area contributed by atoms with E-state index in [9.17, 15) is 24.5 Å². The number of thiophene rings is 1. The second-order valence-corrected chi connectivity index (χ2v) is 8.77. The summed E-state index contributed by atoms with van der Waals surface area (Å²) in [6.07, 6.45) is 0.562. The number of Topliss-reactive ketones (excluding diaryl/α,β-unsaturated/α-hetero) is 2. The van der Waals surface area contributed by atoms with E-state index in [0.717, 1.165) is 4.88 Å². The molecule has 9 heteroatoms. The van der Waals surface area contributed by atoms with Gasteiger partial charge in [0.1, 0.15) is 11.5 Å². The first-order valence-corrected chi connectivity index (χ1v) is 11.0. The van der Waals surface area contributed by atoms with E-state index in [2.05, 4.69) is 0 Å². The molecule has 0 unspecified atom stereocenters. The van der Waals surface area contributed by atoms with E-state index in [0.29, 0.717) is 36.7 Å². The van der Waals surface area contributed by atoms with Crippen LogP contribution in [0.15, 0.2) is 36.4 Å². The third-order valence-electron chi connectivity index (χ3n) is 5.32. The van der Waals surface area contributed by atoms with Crippen molar-refractivity contribution in [3.05, 3.63) is 56.3 Å². The maximum atomic E-state index is 12.5. The smallest absolute Gasteiger partial charge is 0.292 e. The van der Waals surface area contributed by atoms with Crippen LogP contribution in [0.4, 0.5) is 11.4 Å². The summed E-state index contributed by atoms with van der Waals surface area (Å²) in [6.45, 7) is 3.84. The topological polar surface area (TPSA) is 101 Å². The molecule has 0 N–H and O–H groups in total. The first-order chi connectivity index (χ1) is 14.8. The lowest BCUT2D eigenvalue weighted by Crippen LogP contribution is -2.49. The Morgan fingerprint density at radius 3 is 2.29 bits per heavy atom. The molecule has 0 atom stereocenters. The molecular formula is C22H25N3O5S. The van der Waals surface area contributed by atoms with Crippen LogP contribution in [0, 0.1) is 17.0 Å². The Bertz CT molecular complexity index is 979. The second-order valence-electron chi connectivity index (χ2n) is 7.49. The van der Waals surface area contributed by atoms with Gasteiger partial charge >= 0.3 is 0 Å². The largest absolute Gasteiger partial charge is 0.362 e. The van der Waals surface area contributed by atoms with Crippen molar-refractivity contribution in [2.75, 3.05) is 31.1 Å². The second kappa shape index (κ2) is 10.3. The molecule has 164 valence electrons. The first kappa shape index (κ1) is 22.6. The highest BCUT2D eigenvalue weighted by Gasteiger charge is 2.25. The van der Waals surface area contributed by atoms with Gasteiger partial charge in [0.25, 0.3) is 5.69 Å². The van der Waals surface area contributed by atoms with Crippen LogP contribution in [-0.4, -0.2) is 53.5 Å². The number of rotatable bonds is 9. The van der Waals surface area contributed by atoms with E-state index < -0.39 is 4.92 Å². The summed E-state index contributed by atoms with van der Waals surface area (Å²) in [5.74, 6) is -0.229. The van der Waals surface area contributed by atoms with Crippen LogP contribution < -0.4 is 4.90 Å². The number of amides is 1. The van der Waals surface area contributed by atoms with Gasteiger partial charge in [-0.3, -0.25) is 24.5 Å². The highest BCUT2D eigenvalue weighted by Crippen LogP contribution is 2.28. The molecule has 1 aromatic heterocycles. The molecule has 31 heavy (non-hydrogen) atoms. The predicted octanol–water partition coefficient (Wildman–Crippen LogP) is 3.63. The SMILES string of the molecule is Cc1ccc(C(=O)CCC(=O)CCC(=O)N2CCN(c3ccccc3[N+](=O)[O-])CC2)s1. The Balaban J connectivity index is 1.41. The minimum atomic E-state index is -0.400. The zero-order chi connectivity index (χ0) is 22.4. The number of anilines is 1. The average molecular weight is 444 g/mol. The van der Waals surface area contributed by atoms with E-state index in [4.69, 9.17) is 0 Å². The van der Waals surface area contributed by atoms with E-state index in [1.807, 2.05) is 17.9 Å². The fourth-order valence-electron chi connectivity index (χ4n) is 3.57. The van der Waals surface area contributed by atoms with Crippen molar-refractivity contribution in [1.29, 1.82) is 0 Å². The molecule has 1 aromatic carbocycles. The van der Waals surface area contributed by atoms with Crippen LogP contribution in [0.3, 0.4) is 0 Å². The van der Waals surface area contributed by atoms with Crippen LogP contribution in [0.5, 0.6) is 0 Å². The summed E-state index contributed by atoms with van der Waals surface area (Å²) in [5, 5.41) is 11.2. The molecular weight excluding hydrogens is 418 g/mol. The molecule has 0 saturated carbocycles. The summed E-state index contributed by atoms with van der Waals surface area (Å²) in [4.78, 5) is 52.8. The van der Waals surface area contributed by atoms with Gasteiger partial charge in [-0.1, -0.05) is 12.1 Å². The standard InChI is InChI=1S/C22H25N3O5S/c1-16-6-10-21(31-16)20(27)9-7-17(26)8-11-22(28)24-14-12-23(13-15-24)18-4-2-3-5-19(18)25(29)30/h2-6,10H,7-9,11-15H2,1H3. The average Bonchev–Trinajstić information content (AvgIpc) is 3.22. The van der Waals surface area contributed by atoms with Crippen LogP contribution in [0.2, 0.25) is 0 Å². The Morgan fingerprint density at radius 1 is 0.968 bits per heavy atom. The number of nitro benzene ring substituents is 1. The molecule has 2 aromatic rings. The molecule has 0 spiro atoms. The maximum Gasteiger partial charge on any atom is 0.292 e. The molecule has 0 bridgehead atoms. The highest BCUT2D eigenvalue weighted by molar-refractivity contribution is 7.14. The third-order valence-corrected chi connectivity index (χ3v) is 6.36. The number of nitrogens with zero attached hydrogens (tertiary/aromatic N) is 3. The normalized spacial score (nSPS) is 13.8. The van der Waals surface area contributed by atoms with Gasteiger partial charge in [-0.05, 0) is 25.1 Å². The molecule has 1 amide bonds. The number of benzene rings is 1. The van der Waals surface area contributed by atoms with Crippen LogP contribution in [0.1, 0.15) is 40.2 Å². The van der Waals surface area contributed by atoms with Crippen LogP contribution in [-0.2, 0) is 9.59 Å². The number of piperazine rings is 1. The van der Waals surface area contributed by atoms with Crippen molar-refractivity contribution in [3.8, 4) is 0 Å². The van der Waals surface area contributed by atoms with Crippen molar-refractivity contribution < 1.29 is 19.3 Å². The fraction of sp³-hybridized carbons (Fsp3) is 0.409. The van der Waals surface area contributed by atoms with Crippen molar-refractivity contribution in [2.45, 2.75) is 32.6 Å². The van der Waals surface area contributed by atoms with Crippen molar-refractivity contribution in [3.63, 3.8) is 0 Å². The number of hydrogen-bond acceptors (Lipinski definition) is 7. The summed E-state index contributed by atoms with van der Waals surface area (Å²) in [7, 11) is 0. The summed E-state index contributed by atoms with van der Waals surface area (Å²) in [6, 6.07) is 10.2. The van der Waals surface area contributed by atoms with Crippen molar-refractivity contribution >= 4 is 40.2 Å². The van der Waals surface area contributed by atoms with Gasteiger partial charge in [0.05, 0.1) is 9.80 Å². The molecule has 3 rings (SSSR count). The Labute approximate surface area is 184 Å². The number of carbonyl (C=O) groups is 3. The molecule has 0 radical (unpaired) electrons. The number of para-hydroxylation sites is 2. The molecule has 2 heterocycles. The van der Waals surface area contributed by atoms with E-state index in [1.165, 1.54) is 17.4 Å². The van der Waals surface area contributed by atoms with Crippen molar-refractivity contribution in [1.82, 2.24) is 4.90 Å². The number of hydrogen-bond donors (Lipinski definition) is 0. The quantitative estimate of drug-likeness (QED) is 0.333. The molecule has 0 aliphatic carbocycles. The number of nitro groups is 1. The Morgan fingerprint density at radius 2 is 1.65 bits per heavy atom. The van der Waals surface area contributed by atoms with E-state index in [1.54, 1.807) is 29.2 Å².